The fourth-order valence-electron chi connectivity index (χ4n) is 1.34. The molecule has 0 aliphatic carbocycles. The molecule has 0 amide bonds. The summed E-state index contributed by atoms with van der Waals surface area (Å²) < 4.78 is 52.4. The molecule has 20 heavy (non-hydrogen) atoms. The van der Waals surface area contributed by atoms with E-state index in [1.807, 2.05) is 4.72 Å². The molecule has 1 aromatic carbocycles. The molecule has 5 nitrogen and oxygen atoms in total. The monoisotopic (exact) mass is 383 g/mol. The molecule has 0 unspecified atom stereocenters. The summed E-state index contributed by atoms with van der Waals surface area (Å²) in [5, 5.41) is 6.99. The van der Waals surface area contributed by atoms with E-state index in [-0.39, 0.29) is 15.4 Å². The van der Waals surface area contributed by atoms with Crippen molar-refractivity contribution in [3.8, 4) is 0 Å². The van der Waals surface area contributed by atoms with Crippen LogP contribution in [-0.2, 0) is 10.0 Å². The van der Waals surface area contributed by atoms with Crippen LogP contribution >= 0.6 is 27.5 Å². The Morgan fingerprint density at radius 1 is 1.20 bits per heavy atom. The SMILES string of the molecule is O=S(=O)(Nc1ccc(Cl)nn1)c1c(F)cc(F)cc1Br. The van der Waals surface area contributed by atoms with E-state index in [1.165, 1.54) is 12.1 Å². The molecule has 0 aliphatic heterocycles. The van der Waals surface area contributed by atoms with Gasteiger partial charge in [0.2, 0.25) is 0 Å². The molecule has 0 aliphatic rings. The predicted molar refractivity (Wildman–Crippen MR) is 71.9 cm³/mol. The van der Waals surface area contributed by atoms with Crippen LogP contribution in [0.2, 0.25) is 5.15 Å². The van der Waals surface area contributed by atoms with E-state index in [2.05, 4.69) is 26.1 Å². The molecular weight excluding hydrogens is 380 g/mol. The third-order valence-corrected chi connectivity index (χ3v) is 4.62. The Hall–Kier alpha value is -1.32. The Labute approximate surface area is 126 Å². The molecule has 1 N–H and O–H groups in total. The zero-order valence-electron chi connectivity index (χ0n) is 9.44. The van der Waals surface area contributed by atoms with E-state index in [1.54, 1.807) is 0 Å². The first-order valence-electron chi connectivity index (χ1n) is 4.96. The number of aromatic nitrogens is 2. The number of nitrogens with zero attached hydrogens (tertiary/aromatic N) is 2. The lowest BCUT2D eigenvalue weighted by atomic mass is 10.3. The van der Waals surface area contributed by atoms with Gasteiger partial charge in [-0.05, 0) is 34.1 Å². The summed E-state index contributed by atoms with van der Waals surface area (Å²) in [7, 11) is -4.29. The van der Waals surface area contributed by atoms with Gasteiger partial charge < -0.3 is 0 Å². The highest BCUT2D eigenvalue weighted by Crippen LogP contribution is 2.27. The van der Waals surface area contributed by atoms with E-state index < -0.39 is 26.6 Å². The molecule has 2 rings (SSSR count). The Bertz CT molecular complexity index is 733. The van der Waals surface area contributed by atoms with Crippen molar-refractivity contribution in [1.82, 2.24) is 10.2 Å². The molecule has 0 atom stereocenters. The van der Waals surface area contributed by atoms with Gasteiger partial charge in [0.05, 0.1) is 0 Å². The molecule has 10 heteroatoms. The smallest absolute Gasteiger partial charge is 0.262 e. The minimum Gasteiger partial charge on any atom is -0.262 e. The standard InChI is InChI=1S/C10H5BrClF2N3O2S/c11-6-3-5(13)4-7(14)10(6)20(18,19)17-9-2-1-8(12)15-16-9/h1-4H,(H,16,17). The summed E-state index contributed by atoms with van der Waals surface area (Å²) in [6.07, 6.45) is 0. The number of rotatable bonds is 3. The second-order valence-electron chi connectivity index (χ2n) is 3.55. The molecular formula is C10H5BrClF2N3O2S. The van der Waals surface area contributed by atoms with E-state index >= 15 is 0 Å². The zero-order chi connectivity index (χ0) is 14.9. The number of hydrogen-bond acceptors (Lipinski definition) is 4. The largest absolute Gasteiger partial charge is 0.267 e. The second kappa shape index (κ2) is 5.58. The summed E-state index contributed by atoms with van der Waals surface area (Å²) in [6.45, 7) is 0. The van der Waals surface area contributed by atoms with Crippen LogP contribution in [0.5, 0.6) is 0 Å². The first-order valence-corrected chi connectivity index (χ1v) is 7.61. The lowest BCUT2D eigenvalue weighted by Crippen LogP contribution is -2.16. The molecule has 0 spiro atoms. The van der Waals surface area contributed by atoms with Crippen LogP contribution in [0.3, 0.4) is 0 Å². The second-order valence-corrected chi connectivity index (χ2v) is 6.41. The first kappa shape index (κ1) is 15.1. The van der Waals surface area contributed by atoms with Gasteiger partial charge in [-0.25, -0.2) is 17.2 Å². The van der Waals surface area contributed by atoms with Crippen molar-refractivity contribution in [3.05, 3.63) is 45.5 Å². The summed E-state index contributed by atoms with van der Waals surface area (Å²) in [6, 6.07) is 3.86. The van der Waals surface area contributed by atoms with E-state index in [9.17, 15) is 17.2 Å². The predicted octanol–water partition coefficient (Wildman–Crippen LogP) is 2.97. The van der Waals surface area contributed by atoms with Crippen molar-refractivity contribution in [2.75, 3.05) is 4.72 Å². The van der Waals surface area contributed by atoms with Crippen molar-refractivity contribution in [3.63, 3.8) is 0 Å². The van der Waals surface area contributed by atoms with Crippen LogP contribution < -0.4 is 4.72 Å². The highest BCUT2D eigenvalue weighted by Gasteiger charge is 2.24. The van der Waals surface area contributed by atoms with Crippen molar-refractivity contribution >= 4 is 43.4 Å². The van der Waals surface area contributed by atoms with Gasteiger partial charge in [0, 0.05) is 10.5 Å². The molecule has 1 aromatic heterocycles. The molecule has 0 radical (unpaired) electrons. The van der Waals surface area contributed by atoms with Crippen LogP contribution in [-0.4, -0.2) is 18.6 Å². The maximum Gasteiger partial charge on any atom is 0.267 e. The van der Waals surface area contributed by atoms with Crippen molar-refractivity contribution in [2.45, 2.75) is 4.90 Å². The summed E-state index contributed by atoms with van der Waals surface area (Å²) in [5.74, 6) is -2.28. The van der Waals surface area contributed by atoms with E-state index in [0.717, 1.165) is 6.07 Å². The molecule has 0 saturated carbocycles. The number of sulfonamides is 1. The van der Waals surface area contributed by atoms with Gasteiger partial charge in [0.1, 0.15) is 16.5 Å². The van der Waals surface area contributed by atoms with Crippen molar-refractivity contribution < 1.29 is 17.2 Å². The minimum absolute atomic E-state index is 0.0714. The summed E-state index contributed by atoms with van der Waals surface area (Å²) >= 11 is 8.31. The number of anilines is 1. The van der Waals surface area contributed by atoms with Gasteiger partial charge >= 0.3 is 0 Å². The third-order valence-electron chi connectivity index (χ3n) is 2.10. The normalized spacial score (nSPS) is 11.4. The fourth-order valence-corrected chi connectivity index (χ4v) is 3.61. The number of hydrogen-bond donors (Lipinski definition) is 1. The maximum absolute atomic E-state index is 13.6. The first-order chi connectivity index (χ1) is 9.29. The topological polar surface area (TPSA) is 72.0 Å². The lowest BCUT2D eigenvalue weighted by molar-refractivity contribution is 0.548. The molecule has 1 heterocycles. The van der Waals surface area contributed by atoms with Crippen LogP contribution in [0, 0.1) is 11.6 Å². The lowest BCUT2D eigenvalue weighted by Gasteiger charge is -2.09. The molecule has 0 fully saturated rings. The average molecular weight is 385 g/mol. The van der Waals surface area contributed by atoms with E-state index in [0.29, 0.717) is 6.07 Å². The van der Waals surface area contributed by atoms with Crippen LogP contribution in [0.25, 0.3) is 0 Å². The highest BCUT2D eigenvalue weighted by molar-refractivity contribution is 9.10. The molecule has 0 bridgehead atoms. The summed E-state index contributed by atoms with van der Waals surface area (Å²) in [4.78, 5) is -0.726. The highest BCUT2D eigenvalue weighted by atomic mass is 79.9. The minimum atomic E-state index is -4.29. The number of nitrogens with one attached hydrogen (secondary N) is 1. The Kier molecular flexibility index (Phi) is 4.21. The van der Waals surface area contributed by atoms with Crippen molar-refractivity contribution in [1.29, 1.82) is 0 Å². The summed E-state index contributed by atoms with van der Waals surface area (Å²) in [5.41, 5.74) is 0. The van der Waals surface area contributed by atoms with Gasteiger partial charge in [0.25, 0.3) is 10.0 Å². The average Bonchev–Trinajstić information content (AvgIpc) is 2.30. The van der Waals surface area contributed by atoms with Gasteiger partial charge in [0.15, 0.2) is 11.0 Å². The number of halogens is 4. The Balaban J connectivity index is 2.43. The van der Waals surface area contributed by atoms with Gasteiger partial charge in [-0.15, -0.1) is 10.2 Å². The van der Waals surface area contributed by atoms with Gasteiger partial charge in [-0.2, -0.15) is 0 Å². The Morgan fingerprint density at radius 3 is 2.45 bits per heavy atom. The fraction of sp³-hybridized carbons (Fsp3) is 0. The third kappa shape index (κ3) is 3.22. The Morgan fingerprint density at radius 2 is 1.90 bits per heavy atom. The van der Waals surface area contributed by atoms with Crippen LogP contribution in [0.15, 0.2) is 33.6 Å². The van der Waals surface area contributed by atoms with Gasteiger partial charge in [-0.3, -0.25) is 4.72 Å². The number of benzene rings is 1. The van der Waals surface area contributed by atoms with Crippen molar-refractivity contribution in [2.24, 2.45) is 0 Å². The van der Waals surface area contributed by atoms with Crippen LogP contribution in [0.4, 0.5) is 14.6 Å². The molecule has 2 aromatic rings. The molecule has 0 saturated heterocycles. The van der Waals surface area contributed by atoms with Gasteiger partial charge in [-0.1, -0.05) is 11.6 Å². The molecule has 106 valence electrons. The quantitative estimate of drug-likeness (QED) is 0.883. The van der Waals surface area contributed by atoms with Crippen LogP contribution in [0.1, 0.15) is 0 Å². The zero-order valence-corrected chi connectivity index (χ0v) is 12.6. The maximum atomic E-state index is 13.6. The van der Waals surface area contributed by atoms with E-state index in [4.69, 9.17) is 11.6 Å².